The van der Waals surface area contributed by atoms with Gasteiger partial charge in [0.05, 0.1) is 19.3 Å². The summed E-state index contributed by atoms with van der Waals surface area (Å²) in [6.45, 7) is 2.03. The lowest BCUT2D eigenvalue weighted by molar-refractivity contribution is 0.135. The zero-order chi connectivity index (χ0) is 13.1. The van der Waals surface area contributed by atoms with Gasteiger partial charge in [-0.3, -0.25) is 10.00 Å². The van der Waals surface area contributed by atoms with E-state index in [1.807, 2.05) is 12.4 Å². The van der Waals surface area contributed by atoms with Gasteiger partial charge in [-0.1, -0.05) is 11.6 Å². The zero-order valence-corrected chi connectivity index (χ0v) is 10.7. The first kappa shape index (κ1) is 12.3. The molecule has 0 saturated carbocycles. The van der Waals surface area contributed by atoms with E-state index >= 15 is 0 Å². The van der Waals surface area contributed by atoms with Gasteiger partial charge in [0.25, 0.3) is 0 Å². The van der Waals surface area contributed by atoms with Crippen molar-refractivity contribution in [2.75, 3.05) is 6.54 Å². The minimum absolute atomic E-state index is 0.290. The second kappa shape index (κ2) is 5.50. The SMILES string of the molecule is NCc1nc(CN2CCCCC2c2cn[nH]c2)no1. The van der Waals surface area contributed by atoms with Gasteiger partial charge in [0, 0.05) is 17.8 Å². The van der Waals surface area contributed by atoms with Gasteiger partial charge < -0.3 is 10.3 Å². The Bertz CT molecular complexity index is 508. The molecule has 2 aromatic heterocycles. The maximum Gasteiger partial charge on any atom is 0.240 e. The van der Waals surface area contributed by atoms with Crippen LogP contribution in [0.2, 0.25) is 0 Å². The molecule has 0 radical (unpaired) electrons. The number of piperidine rings is 1. The maximum atomic E-state index is 5.48. The molecular formula is C12H18N6O. The van der Waals surface area contributed by atoms with Gasteiger partial charge in [-0.05, 0) is 19.4 Å². The molecule has 7 nitrogen and oxygen atoms in total. The first-order chi connectivity index (χ1) is 9.36. The number of hydrogen-bond acceptors (Lipinski definition) is 6. The summed E-state index contributed by atoms with van der Waals surface area (Å²) in [4.78, 5) is 6.65. The second-order valence-electron chi connectivity index (χ2n) is 4.82. The maximum absolute atomic E-state index is 5.48. The van der Waals surface area contributed by atoms with Crippen LogP contribution in [0.4, 0.5) is 0 Å². The van der Waals surface area contributed by atoms with Crippen molar-refractivity contribution in [1.82, 2.24) is 25.2 Å². The third kappa shape index (κ3) is 2.66. The molecule has 1 aliphatic heterocycles. The van der Waals surface area contributed by atoms with Crippen LogP contribution in [-0.4, -0.2) is 31.8 Å². The van der Waals surface area contributed by atoms with Gasteiger partial charge in [0.1, 0.15) is 0 Å². The Hall–Kier alpha value is -1.73. The lowest BCUT2D eigenvalue weighted by atomic mass is 9.97. The number of aromatic nitrogens is 4. The van der Waals surface area contributed by atoms with Crippen molar-refractivity contribution in [3.05, 3.63) is 29.7 Å². The average molecular weight is 262 g/mol. The molecule has 7 heteroatoms. The van der Waals surface area contributed by atoms with Gasteiger partial charge in [0.15, 0.2) is 5.82 Å². The fourth-order valence-electron chi connectivity index (χ4n) is 2.62. The molecular weight excluding hydrogens is 244 g/mol. The molecule has 1 atom stereocenters. The lowest BCUT2D eigenvalue weighted by Gasteiger charge is -2.34. The molecule has 19 heavy (non-hydrogen) atoms. The van der Waals surface area contributed by atoms with E-state index in [1.54, 1.807) is 0 Å². The van der Waals surface area contributed by atoms with Crippen LogP contribution in [0.25, 0.3) is 0 Å². The average Bonchev–Trinajstić information content (AvgIpc) is 3.10. The van der Waals surface area contributed by atoms with Crippen LogP contribution in [0.15, 0.2) is 16.9 Å². The Morgan fingerprint density at radius 2 is 2.42 bits per heavy atom. The molecule has 1 aliphatic rings. The highest BCUT2D eigenvalue weighted by atomic mass is 16.5. The number of hydrogen-bond donors (Lipinski definition) is 2. The fraction of sp³-hybridized carbons (Fsp3) is 0.583. The van der Waals surface area contributed by atoms with E-state index in [0.717, 1.165) is 13.0 Å². The third-order valence-corrected chi connectivity index (χ3v) is 3.55. The minimum atomic E-state index is 0.290. The van der Waals surface area contributed by atoms with Gasteiger partial charge in [-0.2, -0.15) is 10.1 Å². The molecule has 3 rings (SSSR count). The van der Waals surface area contributed by atoms with Crippen molar-refractivity contribution in [3.8, 4) is 0 Å². The number of nitrogens with two attached hydrogens (primary N) is 1. The molecule has 0 bridgehead atoms. The third-order valence-electron chi connectivity index (χ3n) is 3.55. The number of rotatable bonds is 4. The Labute approximate surface area is 111 Å². The molecule has 0 aliphatic carbocycles. The van der Waals surface area contributed by atoms with Crippen molar-refractivity contribution < 1.29 is 4.52 Å². The highest BCUT2D eigenvalue weighted by molar-refractivity contribution is 5.10. The van der Waals surface area contributed by atoms with E-state index in [0.29, 0.717) is 24.3 Å². The predicted octanol–water partition coefficient (Wildman–Crippen LogP) is 0.979. The van der Waals surface area contributed by atoms with Crippen molar-refractivity contribution in [2.24, 2.45) is 5.73 Å². The van der Waals surface area contributed by atoms with E-state index in [9.17, 15) is 0 Å². The highest BCUT2D eigenvalue weighted by Gasteiger charge is 2.25. The molecule has 1 fully saturated rings. The van der Waals surface area contributed by atoms with Crippen LogP contribution in [0.3, 0.4) is 0 Å². The zero-order valence-electron chi connectivity index (χ0n) is 10.7. The first-order valence-corrected chi connectivity index (χ1v) is 6.61. The van der Waals surface area contributed by atoms with Crippen LogP contribution >= 0.6 is 0 Å². The summed E-state index contributed by atoms with van der Waals surface area (Å²) in [5.74, 6) is 1.20. The Morgan fingerprint density at radius 3 is 3.16 bits per heavy atom. The fourth-order valence-corrected chi connectivity index (χ4v) is 2.62. The summed E-state index contributed by atoms with van der Waals surface area (Å²) >= 11 is 0. The molecule has 3 N–H and O–H groups in total. The number of nitrogens with one attached hydrogen (secondary N) is 1. The standard InChI is InChI=1S/C12H18N6O/c13-5-12-16-11(17-19-12)8-18-4-2-1-3-10(18)9-6-14-15-7-9/h6-7,10H,1-5,8,13H2,(H,14,15). The molecule has 0 spiro atoms. The molecule has 0 amide bonds. The Balaban J connectivity index is 1.73. The molecule has 3 heterocycles. The van der Waals surface area contributed by atoms with Crippen LogP contribution in [0, 0.1) is 0 Å². The number of likely N-dealkylation sites (tertiary alicyclic amines) is 1. The molecule has 1 unspecified atom stereocenters. The highest BCUT2D eigenvalue weighted by Crippen LogP contribution is 2.31. The van der Waals surface area contributed by atoms with Crippen LogP contribution in [0.5, 0.6) is 0 Å². The Kier molecular flexibility index (Phi) is 3.56. The van der Waals surface area contributed by atoms with E-state index in [-0.39, 0.29) is 6.54 Å². The van der Waals surface area contributed by atoms with Crippen molar-refractivity contribution in [1.29, 1.82) is 0 Å². The first-order valence-electron chi connectivity index (χ1n) is 6.61. The summed E-state index contributed by atoms with van der Waals surface area (Å²) < 4.78 is 5.05. The molecule has 102 valence electrons. The smallest absolute Gasteiger partial charge is 0.240 e. The molecule has 2 aromatic rings. The topological polar surface area (TPSA) is 96.9 Å². The van der Waals surface area contributed by atoms with Crippen molar-refractivity contribution >= 4 is 0 Å². The molecule has 1 saturated heterocycles. The van der Waals surface area contributed by atoms with Crippen molar-refractivity contribution in [3.63, 3.8) is 0 Å². The van der Waals surface area contributed by atoms with Crippen LogP contribution in [0.1, 0.15) is 42.6 Å². The lowest BCUT2D eigenvalue weighted by Crippen LogP contribution is -2.33. The van der Waals surface area contributed by atoms with Gasteiger partial charge in [-0.15, -0.1) is 0 Å². The minimum Gasteiger partial charge on any atom is -0.338 e. The summed E-state index contributed by atoms with van der Waals surface area (Å²) in [6.07, 6.45) is 7.44. The largest absolute Gasteiger partial charge is 0.338 e. The Morgan fingerprint density at radius 1 is 1.47 bits per heavy atom. The summed E-state index contributed by atoms with van der Waals surface area (Å²) in [7, 11) is 0. The summed E-state index contributed by atoms with van der Waals surface area (Å²) in [6, 6.07) is 0.382. The van der Waals surface area contributed by atoms with Crippen molar-refractivity contribution in [2.45, 2.75) is 38.4 Å². The predicted molar refractivity (Wildman–Crippen MR) is 67.8 cm³/mol. The van der Waals surface area contributed by atoms with E-state index in [2.05, 4.69) is 25.2 Å². The van der Waals surface area contributed by atoms with Crippen LogP contribution < -0.4 is 5.73 Å². The van der Waals surface area contributed by atoms with E-state index in [1.165, 1.54) is 18.4 Å². The van der Waals surface area contributed by atoms with Crippen LogP contribution in [-0.2, 0) is 13.1 Å². The number of H-pyrrole nitrogens is 1. The van der Waals surface area contributed by atoms with Gasteiger partial charge in [-0.25, -0.2) is 0 Å². The monoisotopic (exact) mass is 262 g/mol. The number of aromatic amines is 1. The van der Waals surface area contributed by atoms with E-state index < -0.39 is 0 Å². The molecule has 0 aromatic carbocycles. The quantitative estimate of drug-likeness (QED) is 0.852. The van der Waals surface area contributed by atoms with Gasteiger partial charge >= 0.3 is 0 Å². The summed E-state index contributed by atoms with van der Waals surface area (Å²) in [5, 5.41) is 10.9. The summed E-state index contributed by atoms with van der Waals surface area (Å²) in [5.41, 5.74) is 6.70. The number of nitrogens with zero attached hydrogens (tertiary/aromatic N) is 4. The second-order valence-corrected chi connectivity index (χ2v) is 4.82. The van der Waals surface area contributed by atoms with E-state index in [4.69, 9.17) is 10.3 Å². The van der Waals surface area contributed by atoms with Gasteiger partial charge in [0.2, 0.25) is 5.89 Å². The normalized spacial score (nSPS) is 20.8.